The SMILES string of the molecule is Cc1cc(N=C/C(F)=C\N)c2cccc(OCc3c(Cl)cc(F)cc3CN3CCN(C(=O)O)C(C)C3=O)c2n1. The van der Waals surface area contributed by atoms with Crippen LogP contribution in [0.15, 0.2) is 53.4 Å². The average molecular weight is 558 g/mol. The molecule has 0 saturated carbocycles. The number of nitrogens with two attached hydrogens (primary N) is 1. The highest BCUT2D eigenvalue weighted by Crippen LogP contribution is 2.33. The number of carbonyl (C=O) groups excluding carboxylic acids is 1. The molecule has 4 rings (SSSR count). The zero-order chi connectivity index (χ0) is 28.3. The number of aliphatic imine (C=N–C) groups is 1. The molecule has 39 heavy (non-hydrogen) atoms. The lowest BCUT2D eigenvalue weighted by molar-refractivity contribution is -0.140. The van der Waals surface area contributed by atoms with Crippen LogP contribution in [0.3, 0.4) is 0 Å². The third-order valence-corrected chi connectivity index (χ3v) is 6.71. The van der Waals surface area contributed by atoms with Gasteiger partial charge in [-0.15, -0.1) is 0 Å². The maximum atomic E-state index is 14.3. The van der Waals surface area contributed by atoms with Crippen molar-refractivity contribution in [1.82, 2.24) is 14.8 Å². The van der Waals surface area contributed by atoms with Crippen LogP contribution in [-0.2, 0) is 17.9 Å². The molecule has 2 heterocycles. The third-order valence-electron chi connectivity index (χ3n) is 6.37. The topological polar surface area (TPSA) is 121 Å². The summed E-state index contributed by atoms with van der Waals surface area (Å²) in [4.78, 5) is 35.5. The summed E-state index contributed by atoms with van der Waals surface area (Å²) in [7, 11) is 0. The Balaban J connectivity index is 1.62. The predicted octanol–water partition coefficient (Wildman–Crippen LogP) is 5.10. The van der Waals surface area contributed by atoms with E-state index in [0.717, 1.165) is 23.4 Å². The molecular formula is C27H26ClF2N5O4. The van der Waals surface area contributed by atoms with E-state index >= 15 is 0 Å². The predicted molar refractivity (Wildman–Crippen MR) is 143 cm³/mol. The number of halogens is 3. The number of allylic oxidation sites excluding steroid dienone is 1. The summed E-state index contributed by atoms with van der Waals surface area (Å²) in [6.07, 6.45) is 0.635. The van der Waals surface area contributed by atoms with Crippen molar-refractivity contribution in [3.63, 3.8) is 0 Å². The summed E-state index contributed by atoms with van der Waals surface area (Å²) in [5, 5.41) is 10.0. The van der Waals surface area contributed by atoms with Crippen LogP contribution in [0.2, 0.25) is 5.02 Å². The summed E-state index contributed by atoms with van der Waals surface area (Å²) in [6.45, 7) is 3.53. The minimum atomic E-state index is -1.17. The van der Waals surface area contributed by atoms with Crippen molar-refractivity contribution in [2.24, 2.45) is 10.7 Å². The number of aryl methyl sites for hydroxylation is 1. The van der Waals surface area contributed by atoms with Gasteiger partial charge < -0.3 is 20.5 Å². The number of pyridine rings is 1. The van der Waals surface area contributed by atoms with Crippen LogP contribution in [0.1, 0.15) is 23.7 Å². The molecule has 1 aliphatic rings. The molecule has 0 spiro atoms. The number of hydrogen-bond acceptors (Lipinski definition) is 6. The maximum Gasteiger partial charge on any atom is 0.408 e. The molecule has 9 nitrogen and oxygen atoms in total. The van der Waals surface area contributed by atoms with Crippen molar-refractivity contribution in [1.29, 1.82) is 0 Å². The monoisotopic (exact) mass is 557 g/mol. The quantitative estimate of drug-likeness (QED) is 0.390. The number of carboxylic acid groups (broad SMARTS) is 1. The van der Waals surface area contributed by atoms with Crippen molar-refractivity contribution in [3.8, 4) is 5.75 Å². The molecule has 3 N–H and O–H groups in total. The molecule has 204 valence electrons. The number of hydrogen-bond donors (Lipinski definition) is 2. The van der Waals surface area contributed by atoms with Crippen molar-refractivity contribution < 1.29 is 28.2 Å². The number of aromatic nitrogens is 1. The van der Waals surface area contributed by atoms with Gasteiger partial charge in [-0.2, -0.15) is 0 Å². The van der Waals surface area contributed by atoms with Crippen molar-refractivity contribution in [3.05, 3.63) is 76.1 Å². The van der Waals surface area contributed by atoms with Crippen molar-refractivity contribution in [2.45, 2.75) is 33.0 Å². The van der Waals surface area contributed by atoms with Crippen molar-refractivity contribution >= 4 is 46.4 Å². The highest BCUT2D eigenvalue weighted by atomic mass is 35.5. The Hall–Kier alpha value is -4.25. The van der Waals surface area contributed by atoms with Gasteiger partial charge in [0.1, 0.15) is 29.7 Å². The van der Waals surface area contributed by atoms with E-state index in [9.17, 15) is 23.5 Å². The Labute approximate surface area is 228 Å². The number of nitrogens with zero attached hydrogens (tertiary/aromatic N) is 4. The standard InChI is InChI=1S/C27H26ClF2N5O4/c1-15-8-23(32-12-19(30)11-31)20-4-3-5-24(25(20)33-15)39-14-21-17(9-18(29)10-22(21)28)13-34-6-7-35(27(37)38)16(2)26(34)36/h3-5,8-12,16H,6-7,13-14,31H2,1-2H3,(H,37,38)/b19-11+,32-12?. The summed E-state index contributed by atoms with van der Waals surface area (Å²) in [6, 6.07) is 8.48. The second-order valence-electron chi connectivity index (χ2n) is 8.97. The van der Waals surface area contributed by atoms with Gasteiger partial charge in [-0.25, -0.2) is 18.6 Å². The lowest BCUT2D eigenvalue weighted by Crippen LogP contribution is -2.56. The van der Waals surface area contributed by atoms with Crippen LogP contribution in [0.4, 0.5) is 19.3 Å². The highest BCUT2D eigenvalue weighted by Gasteiger charge is 2.34. The lowest BCUT2D eigenvalue weighted by Gasteiger charge is -2.37. The normalized spacial score (nSPS) is 16.4. The molecule has 0 aliphatic carbocycles. The van der Waals surface area contributed by atoms with Gasteiger partial charge in [-0.1, -0.05) is 23.7 Å². The first-order valence-electron chi connectivity index (χ1n) is 12.0. The number of benzene rings is 2. The zero-order valence-corrected chi connectivity index (χ0v) is 22.0. The Kier molecular flexibility index (Phi) is 8.29. The van der Waals surface area contributed by atoms with E-state index in [1.807, 2.05) is 0 Å². The van der Waals surface area contributed by atoms with E-state index in [1.54, 1.807) is 31.2 Å². The minimum Gasteiger partial charge on any atom is -0.487 e. The van der Waals surface area contributed by atoms with Gasteiger partial charge in [0.15, 0.2) is 5.83 Å². The number of rotatable bonds is 7. The fraction of sp³-hybridized carbons (Fsp3) is 0.259. The molecule has 1 unspecified atom stereocenters. The molecule has 1 saturated heterocycles. The van der Waals surface area contributed by atoms with E-state index in [0.29, 0.717) is 39.2 Å². The third kappa shape index (κ3) is 6.09. The largest absolute Gasteiger partial charge is 0.487 e. The van der Waals surface area contributed by atoms with Gasteiger partial charge in [-0.05, 0) is 43.7 Å². The van der Waals surface area contributed by atoms with Gasteiger partial charge in [0.05, 0.1) is 16.9 Å². The van der Waals surface area contributed by atoms with Gasteiger partial charge >= 0.3 is 6.09 Å². The second-order valence-corrected chi connectivity index (χ2v) is 9.38. The molecule has 1 atom stereocenters. The highest BCUT2D eigenvalue weighted by molar-refractivity contribution is 6.31. The molecule has 12 heteroatoms. The van der Waals surface area contributed by atoms with Crippen LogP contribution < -0.4 is 10.5 Å². The Bertz CT molecular complexity index is 1500. The van der Waals surface area contributed by atoms with Gasteiger partial charge in [0, 0.05) is 42.5 Å². The number of amides is 2. The smallest absolute Gasteiger partial charge is 0.408 e. The van der Waals surface area contributed by atoms with E-state index in [1.165, 1.54) is 17.9 Å². The van der Waals surface area contributed by atoms with Gasteiger partial charge in [0.25, 0.3) is 0 Å². The van der Waals surface area contributed by atoms with E-state index in [4.69, 9.17) is 22.1 Å². The van der Waals surface area contributed by atoms with Crippen LogP contribution >= 0.6 is 11.6 Å². The summed E-state index contributed by atoms with van der Waals surface area (Å²) < 4.78 is 34.0. The fourth-order valence-electron chi connectivity index (χ4n) is 4.39. The molecule has 2 aromatic carbocycles. The molecular weight excluding hydrogens is 532 g/mol. The number of piperazine rings is 1. The fourth-order valence-corrected chi connectivity index (χ4v) is 4.67. The van der Waals surface area contributed by atoms with Crippen LogP contribution in [-0.4, -0.2) is 57.2 Å². The van der Waals surface area contributed by atoms with Gasteiger partial charge in [-0.3, -0.25) is 14.7 Å². The first-order chi connectivity index (χ1) is 18.6. The maximum absolute atomic E-state index is 14.3. The Morgan fingerprint density at radius 1 is 1.33 bits per heavy atom. The minimum absolute atomic E-state index is 0.0266. The van der Waals surface area contributed by atoms with E-state index in [2.05, 4.69) is 9.98 Å². The van der Waals surface area contributed by atoms with Crippen LogP contribution in [0, 0.1) is 12.7 Å². The first-order valence-corrected chi connectivity index (χ1v) is 12.4. The molecule has 3 aromatic rings. The molecule has 1 aromatic heterocycles. The van der Waals surface area contributed by atoms with Crippen LogP contribution in [0.25, 0.3) is 10.9 Å². The molecule has 1 aliphatic heterocycles. The second kappa shape index (κ2) is 11.6. The average Bonchev–Trinajstić information content (AvgIpc) is 2.89. The van der Waals surface area contributed by atoms with E-state index in [-0.39, 0.29) is 31.3 Å². The van der Waals surface area contributed by atoms with Crippen molar-refractivity contribution in [2.75, 3.05) is 13.1 Å². The molecule has 2 amide bonds. The zero-order valence-electron chi connectivity index (χ0n) is 21.2. The first kappa shape index (κ1) is 27.8. The molecule has 0 radical (unpaired) electrons. The Morgan fingerprint density at radius 2 is 2.10 bits per heavy atom. The number of fused-ring (bicyclic) bond motifs is 1. The van der Waals surface area contributed by atoms with E-state index < -0.39 is 29.7 Å². The molecule has 1 fully saturated rings. The lowest BCUT2D eigenvalue weighted by atomic mass is 10.1. The number of ether oxygens (including phenoxy) is 1. The summed E-state index contributed by atoms with van der Waals surface area (Å²) in [5.74, 6) is -1.26. The summed E-state index contributed by atoms with van der Waals surface area (Å²) >= 11 is 6.41. The Morgan fingerprint density at radius 3 is 2.82 bits per heavy atom. The van der Waals surface area contributed by atoms with Crippen LogP contribution in [0.5, 0.6) is 5.75 Å². The molecule has 0 bridgehead atoms. The number of para-hydroxylation sites is 1. The summed E-state index contributed by atoms with van der Waals surface area (Å²) in [5.41, 5.74) is 7.65. The number of carbonyl (C=O) groups is 2. The van der Waals surface area contributed by atoms with Gasteiger partial charge in [0.2, 0.25) is 5.91 Å².